The lowest BCUT2D eigenvalue weighted by molar-refractivity contribution is 0.416. The minimum absolute atomic E-state index is 0.513. The Kier molecular flexibility index (Phi) is 5.83. The highest BCUT2D eigenvalue weighted by Gasteiger charge is 2.13. The Morgan fingerprint density at radius 3 is 2.57 bits per heavy atom. The van der Waals surface area contributed by atoms with Gasteiger partial charge in [0, 0.05) is 5.38 Å². The maximum Gasteiger partial charge on any atom is 0.211 e. The van der Waals surface area contributed by atoms with Crippen LogP contribution in [-0.4, -0.2) is 27.8 Å². The second-order valence-corrected chi connectivity index (χ2v) is 7.73. The number of hydrogen-bond acceptors (Lipinski definition) is 5. The van der Waals surface area contributed by atoms with Crippen LogP contribution in [0.15, 0.2) is 70.1 Å². The van der Waals surface area contributed by atoms with Crippen LogP contribution in [0.25, 0.3) is 5.69 Å². The van der Waals surface area contributed by atoms with Crippen LogP contribution in [0.5, 0.6) is 5.75 Å². The largest absolute Gasteiger partial charge is 0.494 e. The smallest absolute Gasteiger partial charge is 0.211 e. The molecule has 30 heavy (non-hydrogen) atoms. The number of methoxy groups -OCH3 is 1. The Hall–Kier alpha value is -3.16. The molecule has 2 heterocycles. The SMILES string of the molecule is COc1ccccc1N=c1scc(C)n1N=Cc1c(C)nn(-c2ccccc2)c1Cl. The van der Waals surface area contributed by atoms with Gasteiger partial charge in [-0.2, -0.15) is 10.2 Å². The van der Waals surface area contributed by atoms with Gasteiger partial charge < -0.3 is 4.74 Å². The van der Waals surface area contributed by atoms with Crippen molar-refractivity contribution < 1.29 is 4.74 Å². The second kappa shape index (κ2) is 8.69. The number of nitrogens with zero attached hydrogens (tertiary/aromatic N) is 5. The summed E-state index contributed by atoms with van der Waals surface area (Å²) in [6, 6.07) is 17.4. The van der Waals surface area contributed by atoms with Crippen molar-refractivity contribution in [2.75, 3.05) is 7.11 Å². The van der Waals surface area contributed by atoms with Crippen LogP contribution in [0.2, 0.25) is 5.15 Å². The molecule has 2 aromatic carbocycles. The summed E-state index contributed by atoms with van der Waals surface area (Å²) in [5.74, 6) is 0.710. The van der Waals surface area contributed by atoms with Crippen molar-refractivity contribution in [2.24, 2.45) is 10.1 Å². The first-order valence-corrected chi connectivity index (χ1v) is 10.5. The monoisotopic (exact) mass is 437 g/mol. The van der Waals surface area contributed by atoms with Gasteiger partial charge in [0.1, 0.15) is 16.6 Å². The average Bonchev–Trinajstić information content (AvgIpc) is 3.26. The fraction of sp³-hybridized carbons (Fsp3) is 0.136. The molecule has 0 bridgehead atoms. The third-order valence-corrected chi connectivity index (χ3v) is 5.80. The highest BCUT2D eigenvalue weighted by molar-refractivity contribution is 7.07. The number of ether oxygens (including phenoxy) is 1. The van der Waals surface area contributed by atoms with Crippen LogP contribution < -0.4 is 9.54 Å². The van der Waals surface area contributed by atoms with Gasteiger partial charge in [-0.25, -0.2) is 14.4 Å². The minimum Gasteiger partial charge on any atom is -0.494 e. The highest BCUT2D eigenvalue weighted by atomic mass is 35.5. The molecule has 4 aromatic rings. The molecule has 0 fully saturated rings. The Morgan fingerprint density at radius 1 is 1.07 bits per heavy atom. The van der Waals surface area contributed by atoms with Gasteiger partial charge in [0.05, 0.1) is 36.0 Å². The Labute approximate surface area is 183 Å². The Bertz CT molecular complexity index is 1270. The minimum atomic E-state index is 0.513. The predicted octanol–water partition coefficient (Wildman–Crippen LogP) is 5.13. The summed E-state index contributed by atoms with van der Waals surface area (Å²) >= 11 is 8.12. The Morgan fingerprint density at radius 2 is 1.80 bits per heavy atom. The number of aryl methyl sites for hydroxylation is 2. The molecule has 0 atom stereocenters. The van der Waals surface area contributed by atoms with E-state index in [-0.39, 0.29) is 0 Å². The molecule has 0 radical (unpaired) electrons. The molecule has 0 aliphatic carbocycles. The first-order chi connectivity index (χ1) is 14.6. The molecule has 0 aliphatic rings. The van der Waals surface area contributed by atoms with Gasteiger partial charge in [-0.05, 0) is 38.1 Å². The van der Waals surface area contributed by atoms with Gasteiger partial charge in [-0.3, -0.25) is 0 Å². The first-order valence-electron chi connectivity index (χ1n) is 9.28. The Balaban J connectivity index is 1.74. The van der Waals surface area contributed by atoms with Gasteiger partial charge in [0.15, 0.2) is 0 Å². The molecule has 152 valence electrons. The maximum atomic E-state index is 6.62. The van der Waals surface area contributed by atoms with Gasteiger partial charge >= 0.3 is 0 Å². The molecule has 8 heteroatoms. The molecule has 2 aromatic heterocycles. The quantitative estimate of drug-likeness (QED) is 0.406. The summed E-state index contributed by atoms with van der Waals surface area (Å²) in [7, 11) is 1.63. The standard InChI is InChI=1S/C22H20ClN5OS/c1-15-14-30-22(25-19-11-7-8-12-20(19)29-3)27(15)24-13-18-16(2)26-28(21(18)23)17-9-5-4-6-10-17/h4-14H,1-3H3. The van der Waals surface area contributed by atoms with Crippen molar-refractivity contribution >= 4 is 34.8 Å². The van der Waals surface area contributed by atoms with Crippen LogP contribution >= 0.6 is 22.9 Å². The number of halogens is 1. The van der Waals surface area contributed by atoms with Gasteiger partial charge in [0.25, 0.3) is 0 Å². The van der Waals surface area contributed by atoms with E-state index in [1.54, 1.807) is 22.7 Å². The number of thiazole rings is 1. The number of para-hydroxylation sites is 3. The zero-order chi connectivity index (χ0) is 21.1. The molecule has 0 aliphatic heterocycles. The number of hydrogen-bond donors (Lipinski definition) is 0. The summed E-state index contributed by atoms with van der Waals surface area (Å²) in [5, 5.41) is 11.7. The molecule has 4 rings (SSSR count). The molecule has 0 amide bonds. The van der Waals surface area contributed by atoms with E-state index in [2.05, 4.69) is 10.2 Å². The lowest BCUT2D eigenvalue weighted by atomic mass is 10.3. The van der Waals surface area contributed by atoms with E-state index in [4.69, 9.17) is 21.3 Å². The van der Waals surface area contributed by atoms with Crippen LogP contribution in [-0.2, 0) is 0 Å². The van der Waals surface area contributed by atoms with E-state index in [0.29, 0.717) is 10.9 Å². The van der Waals surface area contributed by atoms with Crippen LogP contribution in [0.3, 0.4) is 0 Å². The molecular formula is C22H20ClN5OS. The zero-order valence-electron chi connectivity index (χ0n) is 16.8. The number of aromatic nitrogens is 3. The van der Waals surface area contributed by atoms with E-state index in [0.717, 1.165) is 33.1 Å². The number of benzene rings is 2. The van der Waals surface area contributed by atoms with Crippen LogP contribution in [0.1, 0.15) is 17.0 Å². The summed E-state index contributed by atoms with van der Waals surface area (Å²) < 4.78 is 8.90. The first kappa shape index (κ1) is 20.1. The maximum absolute atomic E-state index is 6.62. The lowest BCUT2D eigenvalue weighted by Crippen LogP contribution is -2.11. The number of rotatable bonds is 5. The molecule has 0 spiro atoms. The molecule has 0 unspecified atom stereocenters. The van der Waals surface area contributed by atoms with Crippen molar-refractivity contribution in [2.45, 2.75) is 13.8 Å². The third-order valence-electron chi connectivity index (χ3n) is 4.50. The molecular weight excluding hydrogens is 418 g/mol. The van der Waals surface area contributed by atoms with Crippen molar-refractivity contribution in [1.82, 2.24) is 14.5 Å². The normalized spacial score (nSPS) is 12.1. The second-order valence-electron chi connectivity index (χ2n) is 6.54. The summed E-state index contributed by atoms with van der Waals surface area (Å²) in [6.07, 6.45) is 1.73. The van der Waals surface area contributed by atoms with Crippen molar-refractivity contribution in [1.29, 1.82) is 0 Å². The van der Waals surface area contributed by atoms with Crippen LogP contribution in [0.4, 0.5) is 5.69 Å². The fourth-order valence-corrected chi connectivity index (χ4v) is 4.08. The molecule has 0 saturated heterocycles. The fourth-order valence-electron chi connectivity index (χ4n) is 2.94. The molecule has 0 saturated carbocycles. The van der Waals surface area contributed by atoms with Gasteiger partial charge in [0.2, 0.25) is 4.80 Å². The van der Waals surface area contributed by atoms with Crippen molar-refractivity contribution in [3.05, 3.63) is 86.9 Å². The summed E-state index contributed by atoms with van der Waals surface area (Å²) in [4.78, 5) is 5.47. The van der Waals surface area contributed by atoms with Crippen molar-refractivity contribution in [3.63, 3.8) is 0 Å². The topological polar surface area (TPSA) is 56.7 Å². The van der Waals surface area contributed by atoms with E-state index in [1.807, 2.05) is 73.8 Å². The summed E-state index contributed by atoms with van der Waals surface area (Å²) in [5.41, 5.74) is 4.17. The van der Waals surface area contributed by atoms with Gasteiger partial charge in [-0.1, -0.05) is 41.9 Å². The molecule has 0 N–H and O–H groups in total. The lowest BCUT2D eigenvalue weighted by Gasteiger charge is -2.03. The average molecular weight is 438 g/mol. The van der Waals surface area contributed by atoms with Crippen molar-refractivity contribution in [3.8, 4) is 11.4 Å². The summed E-state index contributed by atoms with van der Waals surface area (Å²) in [6.45, 7) is 3.90. The van der Waals surface area contributed by atoms with E-state index >= 15 is 0 Å². The third kappa shape index (κ3) is 3.94. The zero-order valence-corrected chi connectivity index (χ0v) is 18.4. The highest BCUT2D eigenvalue weighted by Crippen LogP contribution is 2.26. The van der Waals surface area contributed by atoms with E-state index in [9.17, 15) is 0 Å². The van der Waals surface area contributed by atoms with Crippen LogP contribution in [0, 0.1) is 13.8 Å². The van der Waals surface area contributed by atoms with Gasteiger partial charge in [-0.15, -0.1) is 11.3 Å². The predicted molar refractivity (Wildman–Crippen MR) is 122 cm³/mol. The van der Waals surface area contributed by atoms with E-state index < -0.39 is 0 Å². The molecule has 6 nitrogen and oxygen atoms in total. The van der Waals surface area contributed by atoms with E-state index in [1.165, 1.54) is 11.3 Å².